The molecule has 3 rings (SSSR count). The summed E-state index contributed by atoms with van der Waals surface area (Å²) in [7, 11) is -2.38. The van der Waals surface area contributed by atoms with E-state index >= 15 is 0 Å². The largest absolute Gasteiger partial charge is 0.465 e. The third-order valence-corrected chi connectivity index (χ3v) is 7.62. The molecule has 9 nitrogen and oxygen atoms in total. The number of nitrogens with one attached hydrogen (secondary N) is 1. The van der Waals surface area contributed by atoms with Gasteiger partial charge in [-0.15, -0.1) is 0 Å². The van der Waals surface area contributed by atoms with Gasteiger partial charge < -0.3 is 14.8 Å². The quantitative estimate of drug-likeness (QED) is 0.359. The van der Waals surface area contributed by atoms with Crippen molar-refractivity contribution in [1.29, 1.82) is 0 Å². The van der Waals surface area contributed by atoms with E-state index in [1.165, 1.54) is 36.4 Å². The van der Waals surface area contributed by atoms with E-state index in [9.17, 15) is 36.0 Å². The zero-order valence-electron chi connectivity index (χ0n) is 21.2. The zero-order valence-corrected chi connectivity index (χ0v) is 22.8. The number of sulfonamides is 1. The Morgan fingerprint density at radius 1 is 0.900 bits per heavy atom. The number of alkyl halides is 3. The molecule has 3 aromatic carbocycles. The lowest BCUT2D eigenvalue weighted by molar-refractivity contribution is -0.137. The van der Waals surface area contributed by atoms with Gasteiger partial charge in [-0.2, -0.15) is 13.2 Å². The van der Waals surface area contributed by atoms with Crippen molar-refractivity contribution >= 4 is 50.8 Å². The van der Waals surface area contributed by atoms with Gasteiger partial charge in [0.15, 0.2) is 0 Å². The van der Waals surface area contributed by atoms with Gasteiger partial charge in [-0.3, -0.25) is 9.10 Å². The topological polar surface area (TPSA) is 119 Å². The summed E-state index contributed by atoms with van der Waals surface area (Å²) >= 11 is 5.71. The van der Waals surface area contributed by atoms with Gasteiger partial charge in [0, 0.05) is 5.69 Å². The summed E-state index contributed by atoms with van der Waals surface area (Å²) in [5.74, 6) is -2.69. The summed E-state index contributed by atoms with van der Waals surface area (Å²) in [5, 5.41) is 1.70. The predicted octanol–water partition coefficient (Wildman–Crippen LogP) is 5.07. The Bertz CT molecular complexity index is 1530. The van der Waals surface area contributed by atoms with Crippen LogP contribution in [0.4, 0.5) is 24.5 Å². The number of carbonyl (C=O) groups is 3. The summed E-state index contributed by atoms with van der Waals surface area (Å²) < 4.78 is 77.6. The molecule has 0 spiro atoms. The second-order valence-electron chi connectivity index (χ2n) is 8.32. The molecule has 0 fully saturated rings. The van der Waals surface area contributed by atoms with Crippen LogP contribution >= 0.6 is 11.6 Å². The highest BCUT2D eigenvalue weighted by molar-refractivity contribution is 7.92. The molecule has 0 radical (unpaired) electrons. The van der Waals surface area contributed by atoms with E-state index in [4.69, 9.17) is 11.6 Å². The summed E-state index contributed by atoms with van der Waals surface area (Å²) in [4.78, 5) is 36.9. The first-order valence-electron chi connectivity index (χ1n) is 11.2. The molecule has 0 aliphatic heterocycles. The van der Waals surface area contributed by atoms with E-state index in [1.54, 1.807) is 6.92 Å². The lowest BCUT2D eigenvalue weighted by atomic mass is 10.1. The van der Waals surface area contributed by atoms with Crippen molar-refractivity contribution in [3.05, 3.63) is 87.9 Å². The van der Waals surface area contributed by atoms with Crippen LogP contribution in [0.5, 0.6) is 0 Å². The van der Waals surface area contributed by atoms with Gasteiger partial charge in [-0.1, -0.05) is 29.3 Å². The number of anilines is 2. The number of amides is 1. The van der Waals surface area contributed by atoms with Crippen molar-refractivity contribution < 1.29 is 45.4 Å². The van der Waals surface area contributed by atoms with Crippen LogP contribution in [-0.2, 0) is 30.5 Å². The number of benzene rings is 3. The van der Waals surface area contributed by atoms with Gasteiger partial charge in [-0.05, 0) is 55.5 Å². The molecular weight excluding hydrogens is 577 g/mol. The van der Waals surface area contributed by atoms with Crippen molar-refractivity contribution in [2.45, 2.75) is 18.0 Å². The number of carbonyl (C=O) groups excluding carboxylic acids is 3. The van der Waals surface area contributed by atoms with Crippen LogP contribution in [0.25, 0.3) is 0 Å². The molecule has 40 heavy (non-hydrogen) atoms. The van der Waals surface area contributed by atoms with Crippen LogP contribution in [-0.4, -0.2) is 47.0 Å². The summed E-state index contributed by atoms with van der Waals surface area (Å²) in [6, 6.07) is 11.4. The van der Waals surface area contributed by atoms with Gasteiger partial charge in [0.05, 0.1) is 46.5 Å². The fourth-order valence-corrected chi connectivity index (χ4v) is 5.18. The van der Waals surface area contributed by atoms with E-state index < -0.39 is 56.9 Å². The first kappa shape index (κ1) is 30.4. The van der Waals surface area contributed by atoms with Crippen molar-refractivity contribution in [3.8, 4) is 0 Å². The number of nitrogens with zero attached hydrogens (tertiary/aromatic N) is 1. The lowest BCUT2D eigenvalue weighted by Gasteiger charge is -2.25. The number of rotatable bonds is 8. The van der Waals surface area contributed by atoms with E-state index in [-0.39, 0.29) is 21.7 Å². The number of hydrogen-bond acceptors (Lipinski definition) is 7. The maximum atomic E-state index is 13.6. The smallest absolute Gasteiger partial charge is 0.417 e. The first-order valence-corrected chi connectivity index (χ1v) is 13.1. The van der Waals surface area contributed by atoms with Gasteiger partial charge in [0.2, 0.25) is 5.91 Å². The number of hydrogen-bond donors (Lipinski definition) is 1. The van der Waals surface area contributed by atoms with Crippen LogP contribution in [0, 0.1) is 6.92 Å². The van der Waals surface area contributed by atoms with Crippen LogP contribution in [0.3, 0.4) is 0 Å². The molecule has 0 heterocycles. The van der Waals surface area contributed by atoms with Gasteiger partial charge in [-0.25, -0.2) is 18.0 Å². The Morgan fingerprint density at radius 2 is 1.45 bits per heavy atom. The minimum absolute atomic E-state index is 0.104. The molecule has 0 saturated carbocycles. The minimum atomic E-state index is -4.91. The monoisotopic (exact) mass is 598 g/mol. The predicted molar refractivity (Wildman–Crippen MR) is 140 cm³/mol. The average Bonchev–Trinajstić information content (AvgIpc) is 2.90. The standard InChI is InChI=1S/C26H22ClF3N2O7S/c1-15-4-7-20(8-5-15)40(36,37)32(19-6-9-22(27)21(13-19)26(28,29)30)14-23(33)31-18-11-16(24(34)38-2)10-17(12-18)25(35)39-3/h4-13H,14H2,1-3H3,(H,31,33). The SMILES string of the molecule is COC(=O)c1cc(NC(=O)CN(c2ccc(Cl)c(C(F)(F)F)c2)S(=O)(=O)c2ccc(C)cc2)cc(C(=O)OC)c1. The third-order valence-electron chi connectivity index (χ3n) is 5.50. The first-order chi connectivity index (χ1) is 18.7. The Morgan fingerprint density at radius 3 is 1.95 bits per heavy atom. The molecule has 0 aliphatic carbocycles. The van der Waals surface area contributed by atoms with E-state index in [0.29, 0.717) is 10.4 Å². The number of halogens is 4. The third kappa shape index (κ3) is 6.90. The molecule has 0 aromatic heterocycles. The Kier molecular flexibility index (Phi) is 9.10. The van der Waals surface area contributed by atoms with Crippen LogP contribution in [0.15, 0.2) is 65.6 Å². The molecule has 14 heteroatoms. The number of esters is 2. The van der Waals surface area contributed by atoms with E-state index in [0.717, 1.165) is 38.0 Å². The molecule has 1 N–H and O–H groups in total. The second-order valence-corrected chi connectivity index (χ2v) is 10.6. The fraction of sp³-hybridized carbons (Fsp3) is 0.192. The van der Waals surface area contributed by atoms with Crippen molar-refractivity contribution in [2.75, 3.05) is 30.4 Å². The molecular formula is C26H22ClF3N2O7S. The number of ether oxygens (including phenoxy) is 2. The highest BCUT2D eigenvalue weighted by atomic mass is 35.5. The molecule has 0 bridgehead atoms. The fourth-order valence-electron chi connectivity index (χ4n) is 3.54. The molecule has 0 saturated heterocycles. The van der Waals surface area contributed by atoms with E-state index in [1.807, 2.05) is 0 Å². The van der Waals surface area contributed by atoms with Crippen molar-refractivity contribution in [2.24, 2.45) is 0 Å². The summed E-state index contributed by atoms with van der Waals surface area (Å²) in [6.07, 6.45) is -4.91. The number of methoxy groups -OCH3 is 2. The zero-order chi connectivity index (χ0) is 29.8. The number of aryl methyl sites for hydroxylation is 1. The molecule has 1 amide bonds. The average molecular weight is 599 g/mol. The maximum absolute atomic E-state index is 13.6. The molecule has 0 unspecified atom stereocenters. The van der Waals surface area contributed by atoms with Crippen LogP contribution in [0.2, 0.25) is 5.02 Å². The summed E-state index contributed by atoms with van der Waals surface area (Å²) in [5.41, 5.74) is -1.42. The van der Waals surface area contributed by atoms with Crippen LogP contribution < -0.4 is 9.62 Å². The Balaban J connectivity index is 2.07. The summed E-state index contributed by atoms with van der Waals surface area (Å²) in [6.45, 7) is 0.729. The van der Waals surface area contributed by atoms with Gasteiger partial charge in [0.1, 0.15) is 6.54 Å². The second kappa shape index (κ2) is 12.0. The molecule has 0 atom stereocenters. The van der Waals surface area contributed by atoms with Crippen molar-refractivity contribution in [3.63, 3.8) is 0 Å². The van der Waals surface area contributed by atoms with E-state index in [2.05, 4.69) is 14.8 Å². The van der Waals surface area contributed by atoms with Gasteiger partial charge >= 0.3 is 18.1 Å². The lowest BCUT2D eigenvalue weighted by Crippen LogP contribution is -2.38. The van der Waals surface area contributed by atoms with Crippen LogP contribution in [0.1, 0.15) is 31.8 Å². The Labute approximate surface area is 232 Å². The maximum Gasteiger partial charge on any atom is 0.417 e. The van der Waals surface area contributed by atoms with Gasteiger partial charge in [0.25, 0.3) is 10.0 Å². The molecule has 3 aromatic rings. The molecule has 0 aliphatic rings. The Hall–Kier alpha value is -4.10. The minimum Gasteiger partial charge on any atom is -0.465 e. The highest BCUT2D eigenvalue weighted by Gasteiger charge is 2.35. The highest BCUT2D eigenvalue weighted by Crippen LogP contribution is 2.38. The molecule has 212 valence electrons. The normalized spacial score (nSPS) is 11.5. The van der Waals surface area contributed by atoms with Crippen molar-refractivity contribution in [1.82, 2.24) is 0 Å².